The monoisotopic (exact) mass is 340 g/mol. The summed E-state index contributed by atoms with van der Waals surface area (Å²) >= 11 is 0. The number of halogens is 1. The van der Waals surface area contributed by atoms with Gasteiger partial charge in [0, 0.05) is 50.1 Å². The number of rotatable bonds is 2. The number of phenols is 1. The fourth-order valence-electron chi connectivity index (χ4n) is 3.07. The van der Waals surface area contributed by atoms with Crippen molar-refractivity contribution in [2.75, 3.05) is 31.1 Å². The van der Waals surface area contributed by atoms with E-state index in [-0.39, 0.29) is 11.3 Å². The van der Waals surface area contributed by atoms with E-state index in [2.05, 4.69) is 15.2 Å². The highest BCUT2D eigenvalue weighted by molar-refractivity contribution is 5.64. The molecule has 0 saturated carbocycles. The number of fused-ring (bicyclic) bond motifs is 1. The van der Waals surface area contributed by atoms with E-state index in [1.165, 1.54) is 22.6 Å². The fourth-order valence-corrected chi connectivity index (χ4v) is 3.07. The smallest absolute Gasteiger partial charge is 0.258 e. The van der Waals surface area contributed by atoms with Gasteiger partial charge in [0.15, 0.2) is 0 Å². The topological polar surface area (TPSA) is 69.9 Å². The van der Waals surface area contributed by atoms with Crippen molar-refractivity contribution in [3.63, 3.8) is 0 Å². The molecule has 4 rings (SSSR count). The molecular formula is C18H17FN4O2. The molecule has 0 radical (unpaired) electrons. The zero-order chi connectivity index (χ0) is 17.4. The number of hydrogen-bond donors (Lipinski definition) is 2. The van der Waals surface area contributed by atoms with E-state index in [0.29, 0.717) is 16.9 Å². The maximum atomic E-state index is 13.5. The lowest BCUT2D eigenvalue weighted by Gasteiger charge is -2.29. The molecule has 1 aromatic carbocycles. The van der Waals surface area contributed by atoms with Crippen LogP contribution in [0.5, 0.6) is 5.75 Å². The van der Waals surface area contributed by atoms with Crippen LogP contribution in [0.4, 0.5) is 10.1 Å². The maximum Gasteiger partial charge on any atom is 0.258 e. The van der Waals surface area contributed by atoms with E-state index in [0.717, 1.165) is 37.9 Å². The molecule has 7 heteroatoms. The molecule has 0 unspecified atom stereocenters. The van der Waals surface area contributed by atoms with Gasteiger partial charge in [-0.05, 0) is 24.3 Å². The molecule has 1 saturated heterocycles. The summed E-state index contributed by atoms with van der Waals surface area (Å²) in [4.78, 5) is 19.2. The van der Waals surface area contributed by atoms with Crippen molar-refractivity contribution in [2.24, 2.45) is 0 Å². The van der Waals surface area contributed by atoms with E-state index in [9.17, 15) is 14.3 Å². The number of nitrogens with one attached hydrogen (secondary N) is 1. The normalized spacial score (nSPS) is 14.8. The molecule has 2 aromatic heterocycles. The van der Waals surface area contributed by atoms with Crippen LogP contribution in [0, 0.1) is 5.82 Å². The van der Waals surface area contributed by atoms with Crippen molar-refractivity contribution in [1.82, 2.24) is 14.7 Å². The minimum absolute atomic E-state index is 0.203. The quantitative estimate of drug-likeness (QED) is 0.742. The number of aromatic hydroxyl groups is 1. The van der Waals surface area contributed by atoms with Crippen LogP contribution in [0.15, 0.2) is 47.4 Å². The molecule has 2 N–H and O–H groups in total. The number of benzene rings is 1. The molecule has 3 heterocycles. The largest absolute Gasteiger partial charge is 0.508 e. The molecular weight excluding hydrogens is 323 g/mol. The molecule has 25 heavy (non-hydrogen) atoms. The van der Waals surface area contributed by atoms with E-state index >= 15 is 0 Å². The van der Waals surface area contributed by atoms with Gasteiger partial charge in [0.25, 0.3) is 5.56 Å². The maximum absolute atomic E-state index is 13.5. The van der Waals surface area contributed by atoms with E-state index in [4.69, 9.17) is 0 Å². The van der Waals surface area contributed by atoms with Crippen LogP contribution in [0.2, 0.25) is 0 Å². The number of nitrogens with zero attached hydrogens (tertiary/aromatic N) is 3. The lowest BCUT2D eigenvalue weighted by Crippen LogP contribution is -2.43. The predicted octanol–water partition coefficient (Wildman–Crippen LogP) is 1.62. The zero-order valence-corrected chi connectivity index (χ0v) is 13.4. The summed E-state index contributed by atoms with van der Waals surface area (Å²) < 4.78 is 15.0. The number of anilines is 1. The van der Waals surface area contributed by atoms with Crippen LogP contribution in [0.1, 0.15) is 0 Å². The summed E-state index contributed by atoms with van der Waals surface area (Å²) in [5.74, 6) is -0.780. The van der Waals surface area contributed by atoms with Crippen LogP contribution in [-0.2, 0) is 0 Å². The molecule has 0 aliphatic carbocycles. The van der Waals surface area contributed by atoms with Gasteiger partial charge in [0.2, 0.25) is 0 Å². The van der Waals surface area contributed by atoms with Crippen molar-refractivity contribution in [3.8, 4) is 17.0 Å². The molecule has 0 spiro atoms. The van der Waals surface area contributed by atoms with Crippen LogP contribution < -0.4 is 15.8 Å². The van der Waals surface area contributed by atoms with E-state index < -0.39 is 5.82 Å². The van der Waals surface area contributed by atoms with Crippen molar-refractivity contribution >= 4 is 11.3 Å². The summed E-state index contributed by atoms with van der Waals surface area (Å²) in [5, 5.41) is 12.9. The Morgan fingerprint density at radius 3 is 2.68 bits per heavy atom. The Balaban J connectivity index is 1.79. The van der Waals surface area contributed by atoms with Crippen molar-refractivity contribution < 1.29 is 9.50 Å². The zero-order valence-electron chi connectivity index (χ0n) is 13.4. The summed E-state index contributed by atoms with van der Waals surface area (Å²) in [7, 11) is 0. The number of aromatic nitrogens is 2. The van der Waals surface area contributed by atoms with Gasteiger partial charge < -0.3 is 15.3 Å². The second-order valence-corrected chi connectivity index (χ2v) is 6.03. The Kier molecular flexibility index (Phi) is 3.85. The third-order valence-electron chi connectivity index (χ3n) is 4.30. The average molecular weight is 340 g/mol. The SMILES string of the molecule is O=c1cc(-c2cc(O)cc(F)c2)nc2ccc(N3CCNCC3)cn12. The molecule has 6 nitrogen and oxygen atoms in total. The summed E-state index contributed by atoms with van der Waals surface area (Å²) in [6, 6.07) is 8.70. The van der Waals surface area contributed by atoms with Gasteiger partial charge in [-0.3, -0.25) is 9.20 Å². The van der Waals surface area contributed by atoms with Gasteiger partial charge in [-0.2, -0.15) is 0 Å². The van der Waals surface area contributed by atoms with Gasteiger partial charge in [-0.1, -0.05) is 0 Å². The summed E-state index contributed by atoms with van der Waals surface area (Å²) in [5.41, 5.74) is 1.89. The third-order valence-corrected chi connectivity index (χ3v) is 4.30. The standard InChI is InChI=1S/C18H17FN4O2/c19-13-7-12(8-15(24)9-13)16-10-18(25)23-11-14(1-2-17(23)21-16)22-5-3-20-4-6-22/h1-2,7-11,20,24H,3-6H2. The lowest BCUT2D eigenvalue weighted by atomic mass is 10.1. The molecule has 0 amide bonds. The van der Waals surface area contributed by atoms with Gasteiger partial charge in [-0.25, -0.2) is 9.37 Å². The van der Waals surface area contributed by atoms with Gasteiger partial charge in [-0.15, -0.1) is 0 Å². The Morgan fingerprint density at radius 1 is 1.12 bits per heavy atom. The molecule has 128 valence electrons. The van der Waals surface area contributed by atoms with E-state index in [1.54, 1.807) is 12.3 Å². The van der Waals surface area contributed by atoms with Crippen LogP contribution >= 0.6 is 0 Å². The Labute approximate surface area is 143 Å². The predicted molar refractivity (Wildman–Crippen MR) is 93.6 cm³/mol. The van der Waals surface area contributed by atoms with Crippen LogP contribution in [0.25, 0.3) is 16.9 Å². The van der Waals surface area contributed by atoms with Crippen molar-refractivity contribution in [2.45, 2.75) is 0 Å². The lowest BCUT2D eigenvalue weighted by molar-refractivity contribution is 0.469. The van der Waals surface area contributed by atoms with Crippen molar-refractivity contribution in [3.05, 3.63) is 58.8 Å². The highest BCUT2D eigenvalue weighted by Crippen LogP contribution is 2.23. The second kappa shape index (κ2) is 6.18. The van der Waals surface area contributed by atoms with Crippen LogP contribution in [-0.4, -0.2) is 40.7 Å². The van der Waals surface area contributed by atoms with Gasteiger partial charge in [0.05, 0.1) is 11.4 Å². The Morgan fingerprint density at radius 2 is 1.92 bits per heavy atom. The number of phenolic OH excluding ortho intramolecular Hbond substituents is 1. The first-order valence-electron chi connectivity index (χ1n) is 8.09. The first-order chi connectivity index (χ1) is 12.1. The average Bonchev–Trinajstić information content (AvgIpc) is 2.61. The third kappa shape index (κ3) is 3.06. The molecule has 1 fully saturated rings. The van der Waals surface area contributed by atoms with Gasteiger partial charge >= 0.3 is 0 Å². The minimum atomic E-state index is -0.578. The highest BCUT2D eigenvalue weighted by atomic mass is 19.1. The summed E-state index contributed by atoms with van der Waals surface area (Å²) in [6.07, 6.45) is 1.78. The first-order valence-corrected chi connectivity index (χ1v) is 8.09. The molecule has 0 bridgehead atoms. The minimum Gasteiger partial charge on any atom is -0.508 e. The van der Waals surface area contributed by atoms with Crippen LogP contribution in [0.3, 0.4) is 0 Å². The fraction of sp³-hybridized carbons (Fsp3) is 0.222. The number of hydrogen-bond acceptors (Lipinski definition) is 5. The first kappa shape index (κ1) is 15.6. The highest BCUT2D eigenvalue weighted by Gasteiger charge is 2.13. The number of pyridine rings is 1. The molecule has 3 aromatic rings. The number of piperazine rings is 1. The molecule has 1 aliphatic rings. The van der Waals surface area contributed by atoms with Crippen molar-refractivity contribution in [1.29, 1.82) is 0 Å². The molecule has 0 atom stereocenters. The second-order valence-electron chi connectivity index (χ2n) is 6.03. The summed E-state index contributed by atoms with van der Waals surface area (Å²) in [6.45, 7) is 3.59. The Bertz CT molecular complexity index is 976. The van der Waals surface area contributed by atoms with Gasteiger partial charge in [0.1, 0.15) is 17.2 Å². The molecule has 1 aliphatic heterocycles. The Hall–Kier alpha value is -2.93. The van der Waals surface area contributed by atoms with E-state index in [1.807, 2.05) is 6.07 Å².